The van der Waals surface area contributed by atoms with Crippen LogP contribution in [0, 0.1) is 0 Å². The molecule has 0 aromatic heterocycles. The van der Waals surface area contributed by atoms with Gasteiger partial charge in [0.2, 0.25) is 10.0 Å². The number of nitrogens with one attached hydrogen (secondary N) is 1. The predicted octanol–water partition coefficient (Wildman–Crippen LogP) is 4.64. The Morgan fingerprint density at radius 2 is 1.69 bits per heavy atom. The molecule has 0 saturated carbocycles. The Labute approximate surface area is 207 Å². The quantitative estimate of drug-likeness (QED) is 0.546. The maximum atomic E-state index is 13.3. The average Bonchev–Trinajstić information content (AvgIpc) is 3.21. The topological polar surface area (TPSA) is 75.7 Å². The number of anilines is 1. The molecule has 5 rings (SSSR count). The van der Waals surface area contributed by atoms with Crippen LogP contribution < -0.4 is 14.4 Å². The third-order valence-corrected chi connectivity index (χ3v) is 8.42. The molecule has 0 saturated heterocycles. The molecule has 35 heavy (non-hydrogen) atoms. The fraction of sp³-hybridized carbons (Fsp3) is 0.321. The minimum absolute atomic E-state index is 0.0158. The number of hydrogen-bond acceptors (Lipinski definition) is 4. The molecule has 3 aromatic rings. The van der Waals surface area contributed by atoms with E-state index in [1.54, 1.807) is 42.3 Å². The largest absolute Gasteiger partial charge is 0.497 e. The summed E-state index contributed by atoms with van der Waals surface area (Å²) in [5, 5.41) is 0. The van der Waals surface area contributed by atoms with E-state index in [4.69, 9.17) is 4.74 Å². The second-order valence-electron chi connectivity index (χ2n) is 9.38. The first kappa shape index (κ1) is 23.6. The minimum Gasteiger partial charge on any atom is -0.497 e. The first-order valence-electron chi connectivity index (χ1n) is 12.1. The first-order valence-corrected chi connectivity index (χ1v) is 13.5. The van der Waals surface area contributed by atoms with Crippen molar-refractivity contribution in [2.45, 2.75) is 56.5 Å². The smallest absolute Gasteiger partial charge is 0.258 e. The number of methoxy groups -OCH3 is 1. The predicted molar refractivity (Wildman–Crippen MR) is 137 cm³/mol. The standard InChI is InChI=1S/C28H30N2O4S/c1-19-15-24-8-7-20(16-27(24)30(19)28(31)22-9-12-25(34-2)13-10-22)18-29-35(32,33)26-14-11-21-5-3-4-6-23(21)17-26/h7-14,16-17,19,29H,3-6,15,18H2,1-2H3. The molecule has 1 amide bonds. The van der Waals surface area contributed by atoms with Gasteiger partial charge in [-0.2, -0.15) is 0 Å². The van der Waals surface area contributed by atoms with Crippen molar-refractivity contribution >= 4 is 21.6 Å². The summed E-state index contributed by atoms with van der Waals surface area (Å²) in [6.45, 7) is 2.19. The van der Waals surface area contributed by atoms with Gasteiger partial charge in [-0.25, -0.2) is 13.1 Å². The number of sulfonamides is 1. The molecular formula is C28H30N2O4S. The van der Waals surface area contributed by atoms with Crippen molar-refractivity contribution in [1.82, 2.24) is 4.72 Å². The molecule has 7 heteroatoms. The van der Waals surface area contributed by atoms with E-state index < -0.39 is 10.0 Å². The summed E-state index contributed by atoms with van der Waals surface area (Å²) >= 11 is 0. The molecule has 1 N–H and O–H groups in total. The number of carbonyl (C=O) groups excluding carboxylic acids is 1. The molecule has 1 heterocycles. The number of nitrogens with zero attached hydrogens (tertiary/aromatic N) is 1. The zero-order valence-corrected chi connectivity index (χ0v) is 20.9. The first-order chi connectivity index (χ1) is 16.9. The lowest BCUT2D eigenvalue weighted by molar-refractivity contribution is 0.0981. The van der Waals surface area contributed by atoms with Crippen molar-refractivity contribution in [3.63, 3.8) is 0 Å². The molecule has 1 aliphatic carbocycles. The molecule has 0 bridgehead atoms. The lowest BCUT2D eigenvalue weighted by atomic mass is 9.92. The van der Waals surface area contributed by atoms with Crippen molar-refractivity contribution in [1.29, 1.82) is 0 Å². The van der Waals surface area contributed by atoms with E-state index >= 15 is 0 Å². The molecule has 1 unspecified atom stereocenters. The fourth-order valence-corrected chi connectivity index (χ4v) is 6.15. The van der Waals surface area contributed by atoms with Crippen LogP contribution in [0.15, 0.2) is 65.6 Å². The Kier molecular flexibility index (Phi) is 6.38. The van der Waals surface area contributed by atoms with Crippen LogP contribution in [0.3, 0.4) is 0 Å². The van der Waals surface area contributed by atoms with Gasteiger partial charge in [-0.15, -0.1) is 0 Å². The number of fused-ring (bicyclic) bond motifs is 2. The van der Waals surface area contributed by atoms with Crippen LogP contribution in [0.4, 0.5) is 5.69 Å². The van der Waals surface area contributed by atoms with Gasteiger partial charge in [-0.1, -0.05) is 18.2 Å². The highest BCUT2D eigenvalue weighted by Crippen LogP contribution is 2.34. The number of ether oxygens (including phenoxy) is 1. The minimum atomic E-state index is -3.64. The maximum absolute atomic E-state index is 13.3. The summed E-state index contributed by atoms with van der Waals surface area (Å²) in [6.07, 6.45) is 4.97. The van der Waals surface area contributed by atoms with Gasteiger partial charge in [0.25, 0.3) is 5.91 Å². The lowest BCUT2D eigenvalue weighted by Crippen LogP contribution is -2.35. The fourth-order valence-electron chi connectivity index (χ4n) is 5.08. The highest BCUT2D eigenvalue weighted by molar-refractivity contribution is 7.89. The number of aryl methyl sites for hydroxylation is 2. The van der Waals surface area contributed by atoms with Gasteiger partial charge in [0.15, 0.2) is 0 Å². The summed E-state index contributed by atoms with van der Waals surface area (Å²) in [7, 11) is -2.04. The summed E-state index contributed by atoms with van der Waals surface area (Å²) in [5.41, 5.74) is 5.71. The highest BCUT2D eigenvalue weighted by Gasteiger charge is 2.32. The zero-order valence-electron chi connectivity index (χ0n) is 20.1. The number of carbonyl (C=O) groups is 1. The number of amides is 1. The monoisotopic (exact) mass is 490 g/mol. The third-order valence-electron chi connectivity index (χ3n) is 7.02. The van der Waals surface area contributed by atoms with Crippen LogP contribution >= 0.6 is 0 Å². The van der Waals surface area contributed by atoms with Gasteiger partial charge >= 0.3 is 0 Å². The Bertz CT molecular complexity index is 1370. The molecule has 1 atom stereocenters. The Morgan fingerprint density at radius 1 is 0.971 bits per heavy atom. The van der Waals surface area contributed by atoms with Crippen molar-refractivity contribution in [3.05, 3.63) is 88.5 Å². The molecule has 0 spiro atoms. The van der Waals surface area contributed by atoms with Crippen LogP contribution in [0.5, 0.6) is 5.75 Å². The molecule has 2 aliphatic rings. The van der Waals surface area contributed by atoms with E-state index in [1.165, 1.54) is 5.56 Å². The Balaban J connectivity index is 1.34. The summed E-state index contributed by atoms with van der Waals surface area (Å²) in [4.78, 5) is 15.4. The number of hydrogen-bond donors (Lipinski definition) is 1. The molecule has 6 nitrogen and oxygen atoms in total. The van der Waals surface area contributed by atoms with Crippen LogP contribution in [0.25, 0.3) is 0 Å². The Morgan fingerprint density at radius 3 is 2.43 bits per heavy atom. The summed E-state index contributed by atoms with van der Waals surface area (Å²) in [6, 6.07) is 18.4. The molecule has 1 aliphatic heterocycles. The normalized spacial score (nSPS) is 17.1. The van der Waals surface area contributed by atoms with Gasteiger partial charge in [0.05, 0.1) is 12.0 Å². The van der Waals surface area contributed by atoms with Crippen molar-refractivity contribution in [2.24, 2.45) is 0 Å². The van der Waals surface area contributed by atoms with E-state index in [-0.39, 0.29) is 18.5 Å². The molecular weight excluding hydrogens is 460 g/mol. The SMILES string of the molecule is COc1ccc(C(=O)N2c3cc(CNS(=O)(=O)c4ccc5c(c4)CCCC5)ccc3CC2C)cc1. The van der Waals surface area contributed by atoms with Crippen LogP contribution in [0.2, 0.25) is 0 Å². The summed E-state index contributed by atoms with van der Waals surface area (Å²) in [5.74, 6) is 0.621. The average molecular weight is 491 g/mol. The van der Waals surface area contributed by atoms with Gasteiger partial charge in [-0.3, -0.25) is 4.79 Å². The zero-order chi connectivity index (χ0) is 24.6. The lowest BCUT2D eigenvalue weighted by Gasteiger charge is -2.23. The second kappa shape index (κ2) is 9.47. The van der Waals surface area contributed by atoms with Crippen LogP contribution in [0.1, 0.15) is 52.4 Å². The number of benzene rings is 3. The van der Waals surface area contributed by atoms with Crippen molar-refractivity contribution < 1.29 is 17.9 Å². The van der Waals surface area contributed by atoms with E-state index in [0.717, 1.165) is 54.5 Å². The number of rotatable bonds is 6. The second-order valence-corrected chi connectivity index (χ2v) is 11.1. The van der Waals surface area contributed by atoms with Gasteiger partial charge in [0, 0.05) is 23.8 Å². The van der Waals surface area contributed by atoms with Gasteiger partial charge in [-0.05, 0) is 104 Å². The summed E-state index contributed by atoms with van der Waals surface area (Å²) < 4.78 is 33.9. The van der Waals surface area contributed by atoms with Crippen molar-refractivity contribution in [2.75, 3.05) is 12.0 Å². The highest BCUT2D eigenvalue weighted by atomic mass is 32.2. The van der Waals surface area contributed by atoms with Gasteiger partial charge in [0.1, 0.15) is 5.75 Å². The maximum Gasteiger partial charge on any atom is 0.258 e. The van der Waals surface area contributed by atoms with Crippen LogP contribution in [-0.4, -0.2) is 27.5 Å². The molecule has 3 aromatic carbocycles. The van der Waals surface area contributed by atoms with E-state index in [0.29, 0.717) is 16.2 Å². The van der Waals surface area contributed by atoms with E-state index in [1.807, 2.05) is 37.3 Å². The Hall–Kier alpha value is -3.16. The van der Waals surface area contributed by atoms with Crippen LogP contribution in [-0.2, 0) is 35.8 Å². The molecule has 182 valence electrons. The van der Waals surface area contributed by atoms with Crippen molar-refractivity contribution in [3.8, 4) is 5.75 Å². The third kappa shape index (κ3) is 4.70. The van der Waals surface area contributed by atoms with Gasteiger partial charge < -0.3 is 9.64 Å². The molecule has 0 fully saturated rings. The molecule has 0 radical (unpaired) electrons. The van der Waals surface area contributed by atoms with E-state index in [2.05, 4.69) is 4.72 Å². The van der Waals surface area contributed by atoms with E-state index in [9.17, 15) is 13.2 Å².